The second-order valence-electron chi connectivity index (χ2n) is 5.75. The Morgan fingerprint density at radius 1 is 1.41 bits per heavy atom. The van der Waals surface area contributed by atoms with Crippen LogP contribution in [0.4, 0.5) is 5.82 Å². The molecule has 7 heteroatoms. The Morgan fingerprint density at radius 3 is 2.86 bits per heavy atom. The molecule has 0 radical (unpaired) electrons. The second-order valence-corrected chi connectivity index (χ2v) is 9.28. The molecule has 1 aliphatic heterocycles. The minimum absolute atomic E-state index is 0.262. The van der Waals surface area contributed by atoms with Crippen LogP contribution in [-0.2, 0) is 9.30 Å². The molecule has 2 aromatic rings. The van der Waals surface area contributed by atoms with Crippen LogP contribution >= 0.6 is 7.14 Å². The largest absolute Gasteiger partial charge is 0.377 e. The highest BCUT2D eigenvalue weighted by Gasteiger charge is 2.27. The fourth-order valence-corrected chi connectivity index (χ4v) is 5.04. The third-order valence-corrected chi connectivity index (χ3v) is 7.76. The van der Waals surface area contributed by atoms with Crippen LogP contribution in [0.25, 0.3) is 5.52 Å². The van der Waals surface area contributed by atoms with Crippen LogP contribution in [0, 0.1) is 0 Å². The molecule has 1 saturated heterocycles. The minimum Gasteiger partial charge on any atom is -0.377 e. The lowest BCUT2D eigenvalue weighted by Gasteiger charge is -2.34. The molecule has 0 unspecified atom stereocenters. The monoisotopic (exact) mass is 322 g/mol. The Kier molecular flexibility index (Phi) is 4.24. The van der Waals surface area contributed by atoms with Crippen molar-refractivity contribution in [3.05, 3.63) is 18.6 Å². The van der Waals surface area contributed by atoms with Crippen molar-refractivity contribution >= 4 is 23.8 Å². The Labute approximate surface area is 130 Å². The van der Waals surface area contributed by atoms with Gasteiger partial charge in [0.15, 0.2) is 5.82 Å². The van der Waals surface area contributed by atoms with Crippen LogP contribution in [0.3, 0.4) is 0 Å². The Bertz CT molecular complexity index is 707. The van der Waals surface area contributed by atoms with E-state index in [-0.39, 0.29) is 6.04 Å². The smallest absolute Gasteiger partial charge is 0.150 e. The van der Waals surface area contributed by atoms with Gasteiger partial charge in [-0.25, -0.2) is 9.50 Å². The van der Waals surface area contributed by atoms with Crippen LogP contribution in [0.15, 0.2) is 18.6 Å². The van der Waals surface area contributed by atoms with Gasteiger partial charge in [0.1, 0.15) is 13.5 Å². The number of hydrogen-bond acceptors (Lipinski definition) is 5. The van der Waals surface area contributed by atoms with Crippen LogP contribution in [0.1, 0.15) is 20.8 Å². The van der Waals surface area contributed by atoms with E-state index < -0.39 is 7.14 Å². The van der Waals surface area contributed by atoms with Crippen molar-refractivity contribution < 1.29 is 9.30 Å². The summed E-state index contributed by atoms with van der Waals surface area (Å²) in [7, 11) is -2.40. The molecule has 0 N–H and O–H groups in total. The van der Waals surface area contributed by atoms with Crippen molar-refractivity contribution in [3.63, 3.8) is 0 Å². The van der Waals surface area contributed by atoms with Gasteiger partial charge in [-0.05, 0) is 13.0 Å². The molecule has 22 heavy (non-hydrogen) atoms. The summed E-state index contributed by atoms with van der Waals surface area (Å²) in [5.41, 5.74) is 0.858. The molecular formula is C15H23N4O2P. The first-order valence-corrected chi connectivity index (χ1v) is 9.93. The number of morpholine rings is 1. The van der Waals surface area contributed by atoms with Crippen molar-refractivity contribution in [2.45, 2.75) is 26.8 Å². The van der Waals surface area contributed by atoms with Gasteiger partial charge in [-0.3, -0.25) is 0 Å². The Hall–Kier alpha value is -1.39. The quantitative estimate of drug-likeness (QED) is 0.806. The number of nitrogens with zero attached hydrogens (tertiary/aromatic N) is 4. The molecule has 0 saturated carbocycles. The first-order chi connectivity index (χ1) is 10.6. The van der Waals surface area contributed by atoms with Gasteiger partial charge in [0.2, 0.25) is 0 Å². The minimum atomic E-state index is -2.40. The van der Waals surface area contributed by atoms with E-state index in [2.05, 4.69) is 21.9 Å². The van der Waals surface area contributed by atoms with Gasteiger partial charge < -0.3 is 14.2 Å². The third kappa shape index (κ3) is 2.55. The summed E-state index contributed by atoms with van der Waals surface area (Å²) < 4.78 is 20.5. The lowest BCUT2D eigenvalue weighted by Crippen LogP contribution is -2.44. The van der Waals surface area contributed by atoms with Crippen molar-refractivity contribution in [3.8, 4) is 0 Å². The molecule has 120 valence electrons. The predicted octanol–water partition coefficient (Wildman–Crippen LogP) is 1.98. The zero-order valence-electron chi connectivity index (χ0n) is 13.4. The Morgan fingerprint density at radius 2 is 2.18 bits per heavy atom. The zero-order chi connectivity index (χ0) is 15.7. The van der Waals surface area contributed by atoms with Gasteiger partial charge in [0.25, 0.3) is 0 Å². The van der Waals surface area contributed by atoms with Crippen LogP contribution in [-0.4, -0.2) is 52.7 Å². The molecule has 3 rings (SSSR count). The summed E-state index contributed by atoms with van der Waals surface area (Å²) in [6.07, 6.45) is 4.76. The van der Waals surface area contributed by atoms with Gasteiger partial charge >= 0.3 is 0 Å². The third-order valence-electron chi connectivity index (χ3n) is 4.48. The van der Waals surface area contributed by atoms with E-state index in [1.54, 1.807) is 17.0 Å². The molecule has 0 spiro atoms. The van der Waals surface area contributed by atoms with E-state index in [0.717, 1.165) is 23.2 Å². The molecule has 1 atom stereocenters. The summed E-state index contributed by atoms with van der Waals surface area (Å²) in [6.45, 7) is 8.30. The van der Waals surface area contributed by atoms with Crippen molar-refractivity contribution in [1.29, 1.82) is 0 Å². The highest BCUT2D eigenvalue weighted by molar-refractivity contribution is 7.72. The van der Waals surface area contributed by atoms with Gasteiger partial charge in [-0.15, -0.1) is 5.10 Å². The number of anilines is 1. The van der Waals surface area contributed by atoms with E-state index in [0.29, 0.717) is 25.5 Å². The highest BCUT2D eigenvalue weighted by atomic mass is 31.2. The second kappa shape index (κ2) is 6.01. The van der Waals surface area contributed by atoms with Crippen molar-refractivity contribution in [2.24, 2.45) is 0 Å². The molecule has 3 heterocycles. The molecule has 0 aromatic carbocycles. The maximum Gasteiger partial charge on any atom is 0.150 e. The predicted molar refractivity (Wildman–Crippen MR) is 88.9 cm³/mol. The number of aromatic nitrogens is 3. The van der Waals surface area contributed by atoms with E-state index in [4.69, 9.17) is 4.74 Å². The number of ether oxygens (including phenoxy) is 1. The van der Waals surface area contributed by atoms with Crippen molar-refractivity contribution in [2.75, 3.05) is 37.0 Å². The van der Waals surface area contributed by atoms with E-state index in [1.165, 1.54) is 0 Å². The fraction of sp³-hybridized carbons (Fsp3) is 0.600. The highest BCUT2D eigenvalue weighted by Crippen LogP contribution is 2.45. The average Bonchev–Trinajstić information content (AvgIpc) is 3.02. The first kappa shape index (κ1) is 15.5. The van der Waals surface area contributed by atoms with E-state index in [9.17, 15) is 4.57 Å². The lowest BCUT2D eigenvalue weighted by atomic mass is 10.2. The van der Waals surface area contributed by atoms with Crippen LogP contribution < -0.4 is 10.2 Å². The SMILES string of the molecule is CCP(=O)(CC)c1cc(N2CCOC[C@H]2C)nn2cncc12. The first-order valence-electron chi connectivity index (χ1n) is 7.85. The number of fused-ring (bicyclic) bond motifs is 1. The topological polar surface area (TPSA) is 59.7 Å². The molecule has 1 fully saturated rings. The van der Waals surface area contributed by atoms with Gasteiger partial charge in [0, 0.05) is 24.2 Å². The Balaban J connectivity index is 2.15. The summed E-state index contributed by atoms with van der Waals surface area (Å²) >= 11 is 0. The van der Waals surface area contributed by atoms with Crippen LogP contribution in [0.5, 0.6) is 0 Å². The summed E-state index contributed by atoms with van der Waals surface area (Å²) in [4.78, 5) is 6.41. The van der Waals surface area contributed by atoms with Gasteiger partial charge in [-0.2, -0.15) is 0 Å². The van der Waals surface area contributed by atoms with Gasteiger partial charge in [0.05, 0.1) is 31.0 Å². The molecule has 1 aliphatic rings. The lowest BCUT2D eigenvalue weighted by molar-refractivity contribution is 0.0984. The van der Waals surface area contributed by atoms with Gasteiger partial charge in [-0.1, -0.05) is 13.8 Å². The average molecular weight is 322 g/mol. The molecule has 0 amide bonds. The molecule has 0 bridgehead atoms. The molecule has 0 aliphatic carbocycles. The zero-order valence-corrected chi connectivity index (χ0v) is 14.3. The summed E-state index contributed by atoms with van der Waals surface area (Å²) in [6, 6.07) is 2.27. The molecular weight excluding hydrogens is 299 g/mol. The normalized spacial score (nSPS) is 19.8. The van der Waals surface area contributed by atoms with E-state index >= 15 is 0 Å². The molecule has 2 aromatic heterocycles. The maximum absolute atomic E-state index is 13.3. The van der Waals surface area contributed by atoms with Crippen LogP contribution in [0.2, 0.25) is 0 Å². The standard InChI is InChI=1S/C15H23N4O2P/c1-4-22(20,5-2)14-8-15(17-19-11-16-9-13(14)19)18-6-7-21-10-12(18)3/h8-9,11-12H,4-7,10H2,1-3H3/t12-/m1/s1. The van der Waals surface area contributed by atoms with E-state index in [1.807, 2.05) is 19.9 Å². The number of rotatable bonds is 4. The number of imidazole rings is 1. The number of hydrogen-bond donors (Lipinski definition) is 0. The summed E-state index contributed by atoms with van der Waals surface area (Å²) in [5, 5.41) is 5.56. The van der Waals surface area contributed by atoms with Crippen molar-refractivity contribution in [1.82, 2.24) is 14.6 Å². The fourth-order valence-electron chi connectivity index (χ4n) is 2.99. The maximum atomic E-state index is 13.3. The summed E-state index contributed by atoms with van der Waals surface area (Å²) in [5.74, 6) is 0.860. The molecule has 6 nitrogen and oxygen atoms in total.